The molecule has 0 bridgehead atoms. The first-order valence-electron chi connectivity index (χ1n) is 10.5. The maximum Gasteiger partial charge on any atom is 0.124 e. The molecule has 1 heterocycles. The molecule has 0 saturated carbocycles. The molecule has 28 heavy (non-hydrogen) atoms. The van der Waals surface area contributed by atoms with Gasteiger partial charge in [0.25, 0.3) is 0 Å². The Morgan fingerprint density at radius 3 is 2.11 bits per heavy atom. The van der Waals surface area contributed by atoms with Gasteiger partial charge in [0.05, 0.1) is 0 Å². The molecule has 4 aromatic carbocycles. The van der Waals surface area contributed by atoms with Crippen molar-refractivity contribution in [3.05, 3.63) is 72.3 Å². The summed E-state index contributed by atoms with van der Waals surface area (Å²) < 4.78 is 0. The molecule has 5 rings (SSSR count). The van der Waals surface area contributed by atoms with Gasteiger partial charge in [0, 0.05) is 0 Å². The number of rotatable bonds is 2. The molecule has 0 fully saturated rings. The minimum Gasteiger partial charge on any atom is -0.0645 e. The minimum absolute atomic E-state index is 0.651. The largest absolute Gasteiger partial charge is 0.124 e. The fourth-order valence-electron chi connectivity index (χ4n) is 6.01. The average Bonchev–Trinajstić information content (AvgIpc) is 2.67. The maximum atomic E-state index is 2.51. The summed E-state index contributed by atoms with van der Waals surface area (Å²) in [5.74, 6) is 0. The first-order valence-corrected chi connectivity index (χ1v) is 12.7. The summed E-state index contributed by atoms with van der Waals surface area (Å²) in [6.07, 6.45) is 0. The van der Waals surface area contributed by atoms with Gasteiger partial charge in [0.1, 0.15) is 8.07 Å². The SMILES string of the molecule is Cc1ccc2c(c1)[Si](C(C)C)(C(C)C)c1cccc3c1c-2cc1ccccc13. The third-order valence-corrected chi connectivity index (χ3v) is 13.3. The van der Waals surface area contributed by atoms with Crippen molar-refractivity contribution in [3.63, 3.8) is 0 Å². The second-order valence-corrected chi connectivity index (χ2v) is 14.2. The second-order valence-electron chi connectivity index (χ2n) is 9.10. The van der Waals surface area contributed by atoms with Crippen LogP contribution >= 0.6 is 0 Å². The van der Waals surface area contributed by atoms with Crippen molar-refractivity contribution < 1.29 is 0 Å². The van der Waals surface area contributed by atoms with Crippen LogP contribution in [-0.2, 0) is 0 Å². The van der Waals surface area contributed by atoms with Gasteiger partial charge < -0.3 is 0 Å². The van der Waals surface area contributed by atoms with Gasteiger partial charge in [-0.2, -0.15) is 0 Å². The van der Waals surface area contributed by atoms with Crippen LogP contribution in [0.5, 0.6) is 0 Å². The van der Waals surface area contributed by atoms with Crippen molar-refractivity contribution in [3.8, 4) is 11.1 Å². The van der Waals surface area contributed by atoms with Gasteiger partial charge in [-0.05, 0) is 67.1 Å². The molecule has 0 atom stereocenters. The van der Waals surface area contributed by atoms with Crippen molar-refractivity contribution in [2.75, 3.05) is 0 Å². The van der Waals surface area contributed by atoms with E-state index >= 15 is 0 Å². The predicted molar refractivity (Wildman–Crippen MR) is 127 cm³/mol. The van der Waals surface area contributed by atoms with E-state index in [0.29, 0.717) is 11.1 Å². The van der Waals surface area contributed by atoms with Crippen LogP contribution in [0.3, 0.4) is 0 Å². The van der Waals surface area contributed by atoms with Crippen molar-refractivity contribution >= 4 is 40.0 Å². The first kappa shape index (κ1) is 17.7. The number of aryl methyl sites for hydroxylation is 1. The van der Waals surface area contributed by atoms with Gasteiger partial charge in [-0.3, -0.25) is 0 Å². The highest BCUT2D eigenvalue weighted by molar-refractivity contribution is 7.06. The Bertz CT molecular complexity index is 1220. The van der Waals surface area contributed by atoms with E-state index in [4.69, 9.17) is 0 Å². The van der Waals surface area contributed by atoms with Crippen LogP contribution < -0.4 is 10.4 Å². The second kappa shape index (κ2) is 6.06. The fourth-order valence-corrected chi connectivity index (χ4v) is 12.3. The van der Waals surface area contributed by atoms with E-state index in [2.05, 4.69) is 101 Å². The van der Waals surface area contributed by atoms with Gasteiger partial charge in [-0.15, -0.1) is 0 Å². The highest BCUT2D eigenvalue weighted by Crippen LogP contribution is 2.44. The zero-order chi connectivity index (χ0) is 19.6. The van der Waals surface area contributed by atoms with Crippen LogP contribution in [0.1, 0.15) is 33.3 Å². The van der Waals surface area contributed by atoms with E-state index in [1.807, 2.05) is 0 Å². The predicted octanol–water partition coefficient (Wildman–Crippen LogP) is 6.66. The molecule has 0 nitrogen and oxygen atoms in total. The lowest BCUT2D eigenvalue weighted by atomic mass is 9.92. The summed E-state index contributed by atoms with van der Waals surface area (Å²) in [6, 6.07) is 25.6. The fraction of sp³-hybridized carbons (Fsp3) is 0.259. The Balaban J connectivity index is 2.09. The summed E-state index contributed by atoms with van der Waals surface area (Å²) in [5.41, 5.74) is 5.60. The Morgan fingerprint density at radius 1 is 0.643 bits per heavy atom. The average molecular weight is 381 g/mol. The standard InChI is InChI=1S/C27H28Si/c1-17(2)28(18(3)4)25-12-8-11-23-21-10-7-6-9-20(21)16-24(27(23)25)22-14-13-19(5)15-26(22)28/h6-18H,1-5H3. The first-order chi connectivity index (χ1) is 13.5. The number of hydrogen-bond donors (Lipinski definition) is 0. The molecule has 0 saturated heterocycles. The maximum absolute atomic E-state index is 2.51. The van der Waals surface area contributed by atoms with Crippen LogP contribution in [0.2, 0.25) is 11.1 Å². The summed E-state index contributed by atoms with van der Waals surface area (Å²) in [6.45, 7) is 12.1. The monoisotopic (exact) mass is 380 g/mol. The van der Waals surface area contributed by atoms with E-state index in [0.717, 1.165) is 0 Å². The van der Waals surface area contributed by atoms with Crippen molar-refractivity contribution in [2.24, 2.45) is 0 Å². The third kappa shape index (κ3) is 2.11. The molecule has 0 amide bonds. The molecule has 0 aromatic heterocycles. The minimum atomic E-state index is -1.93. The summed E-state index contributed by atoms with van der Waals surface area (Å²) in [7, 11) is -1.93. The van der Waals surface area contributed by atoms with E-state index in [1.54, 1.807) is 10.4 Å². The molecule has 0 aliphatic carbocycles. The smallest absolute Gasteiger partial charge is 0.0645 e. The van der Waals surface area contributed by atoms with Crippen LogP contribution in [0, 0.1) is 6.92 Å². The zero-order valence-electron chi connectivity index (χ0n) is 17.5. The van der Waals surface area contributed by atoms with E-state index < -0.39 is 8.07 Å². The zero-order valence-corrected chi connectivity index (χ0v) is 18.5. The van der Waals surface area contributed by atoms with Crippen molar-refractivity contribution in [1.29, 1.82) is 0 Å². The molecule has 0 radical (unpaired) electrons. The molecular formula is C27H28Si. The third-order valence-electron chi connectivity index (χ3n) is 7.06. The van der Waals surface area contributed by atoms with Gasteiger partial charge in [0.2, 0.25) is 0 Å². The lowest BCUT2D eigenvalue weighted by molar-refractivity contribution is 0.928. The van der Waals surface area contributed by atoms with Crippen LogP contribution in [-0.4, -0.2) is 8.07 Å². The quantitative estimate of drug-likeness (QED) is 0.269. The molecule has 1 heteroatoms. The molecule has 4 aromatic rings. The van der Waals surface area contributed by atoms with Crippen LogP contribution in [0.4, 0.5) is 0 Å². The number of hydrogen-bond acceptors (Lipinski definition) is 0. The Hall–Kier alpha value is -2.38. The summed E-state index contributed by atoms with van der Waals surface area (Å²) in [5, 5.41) is 8.97. The lowest BCUT2D eigenvalue weighted by Crippen LogP contribution is -2.64. The van der Waals surface area contributed by atoms with E-state index in [1.165, 1.54) is 38.2 Å². The topological polar surface area (TPSA) is 0 Å². The van der Waals surface area contributed by atoms with Gasteiger partial charge >= 0.3 is 0 Å². The molecule has 1 aliphatic rings. The van der Waals surface area contributed by atoms with Crippen molar-refractivity contribution in [1.82, 2.24) is 0 Å². The normalized spacial score (nSPS) is 14.8. The van der Waals surface area contributed by atoms with Gasteiger partial charge in [-0.1, -0.05) is 93.9 Å². The number of fused-ring (bicyclic) bond motifs is 4. The summed E-state index contributed by atoms with van der Waals surface area (Å²) in [4.78, 5) is 0. The molecule has 0 N–H and O–H groups in total. The van der Waals surface area contributed by atoms with Crippen LogP contribution in [0.15, 0.2) is 66.7 Å². The Labute approximate surface area is 169 Å². The molecular weight excluding hydrogens is 352 g/mol. The highest BCUT2D eigenvalue weighted by atomic mass is 28.3. The molecule has 1 aliphatic heterocycles. The van der Waals surface area contributed by atoms with E-state index in [-0.39, 0.29) is 0 Å². The van der Waals surface area contributed by atoms with Crippen molar-refractivity contribution in [2.45, 2.75) is 45.7 Å². The molecule has 140 valence electrons. The van der Waals surface area contributed by atoms with Gasteiger partial charge in [-0.25, -0.2) is 0 Å². The molecule has 0 unspecified atom stereocenters. The molecule has 0 spiro atoms. The summed E-state index contributed by atoms with van der Waals surface area (Å²) >= 11 is 0. The Kier molecular flexibility index (Phi) is 3.83. The lowest BCUT2D eigenvalue weighted by Gasteiger charge is -2.45. The van der Waals surface area contributed by atoms with Crippen LogP contribution in [0.25, 0.3) is 32.7 Å². The van der Waals surface area contributed by atoms with Gasteiger partial charge in [0.15, 0.2) is 0 Å². The van der Waals surface area contributed by atoms with E-state index in [9.17, 15) is 0 Å². The Morgan fingerprint density at radius 2 is 1.36 bits per heavy atom. The highest BCUT2D eigenvalue weighted by Gasteiger charge is 2.48. The number of benzene rings is 4.